The Morgan fingerprint density at radius 3 is 2.65 bits per heavy atom. The van der Waals surface area contributed by atoms with Crippen LogP contribution in [0.2, 0.25) is 0 Å². The second kappa shape index (κ2) is 9.31. The maximum Gasteiger partial charge on any atom is 0.241 e. The molecule has 0 saturated carbocycles. The predicted molar refractivity (Wildman–Crippen MR) is 123 cm³/mol. The molecule has 31 heavy (non-hydrogen) atoms. The summed E-state index contributed by atoms with van der Waals surface area (Å²) in [6, 6.07) is 12.3. The molecule has 0 radical (unpaired) electrons. The topological polar surface area (TPSA) is 81.8 Å². The van der Waals surface area contributed by atoms with E-state index in [0.717, 1.165) is 16.8 Å². The van der Waals surface area contributed by atoms with Crippen LogP contribution in [0.4, 0.5) is 17.1 Å². The molecule has 0 unspecified atom stereocenters. The smallest absolute Gasteiger partial charge is 0.241 e. The summed E-state index contributed by atoms with van der Waals surface area (Å²) in [6.45, 7) is 7.64. The lowest BCUT2D eigenvalue weighted by Gasteiger charge is -2.31. The molecule has 1 aliphatic heterocycles. The van der Waals surface area contributed by atoms with Crippen molar-refractivity contribution < 1.29 is 14.4 Å². The van der Waals surface area contributed by atoms with Crippen LogP contribution >= 0.6 is 0 Å². The highest BCUT2D eigenvalue weighted by Gasteiger charge is 2.31. The van der Waals surface area contributed by atoms with E-state index in [1.54, 1.807) is 29.8 Å². The summed E-state index contributed by atoms with van der Waals surface area (Å²) in [5.41, 5.74) is 4.18. The van der Waals surface area contributed by atoms with Crippen LogP contribution in [0.15, 0.2) is 42.5 Å². The van der Waals surface area contributed by atoms with E-state index in [9.17, 15) is 14.4 Å². The number of amides is 3. The summed E-state index contributed by atoms with van der Waals surface area (Å²) >= 11 is 0. The highest BCUT2D eigenvalue weighted by molar-refractivity contribution is 6.05. The first-order chi connectivity index (χ1) is 14.7. The van der Waals surface area contributed by atoms with E-state index in [1.807, 2.05) is 57.2 Å². The number of carbonyl (C=O) groups is 3. The second-order valence-corrected chi connectivity index (χ2v) is 8.28. The highest BCUT2D eigenvalue weighted by atomic mass is 16.2. The molecule has 2 aromatic carbocycles. The summed E-state index contributed by atoms with van der Waals surface area (Å²) in [4.78, 5) is 41.5. The van der Waals surface area contributed by atoms with E-state index in [-0.39, 0.29) is 36.7 Å². The Morgan fingerprint density at radius 1 is 1.23 bits per heavy atom. The summed E-state index contributed by atoms with van der Waals surface area (Å²) < 4.78 is 0. The number of rotatable bonds is 5. The van der Waals surface area contributed by atoms with Gasteiger partial charge in [0.15, 0.2) is 0 Å². The molecule has 1 heterocycles. The molecule has 2 N–H and O–H groups in total. The van der Waals surface area contributed by atoms with Gasteiger partial charge in [0.1, 0.15) is 0 Å². The molecule has 0 fully saturated rings. The number of carbonyl (C=O) groups excluding carboxylic acids is 3. The van der Waals surface area contributed by atoms with Gasteiger partial charge < -0.3 is 15.5 Å². The Hall–Kier alpha value is -3.19. The van der Waals surface area contributed by atoms with Crippen LogP contribution in [0, 0.1) is 13.8 Å². The normalized spacial score (nSPS) is 16.9. The lowest BCUT2D eigenvalue weighted by atomic mass is 10.1. The van der Waals surface area contributed by atoms with Gasteiger partial charge in [-0.25, -0.2) is 0 Å². The number of nitrogens with zero attached hydrogens (tertiary/aromatic N) is 2. The summed E-state index contributed by atoms with van der Waals surface area (Å²) in [5, 5.41) is 5.81. The molecule has 3 amide bonds. The minimum absolute atomic E-state index is 0.0499. The van der Waals surface area contributed by atoms with Gasteiger partial charge in [-0.15, -0.1) is 0 Å². The van der Waals surface area contributed by atoms with Crippen LogP contribution in [0.1, 0.15) is 31.4 Å². The largest absolute Gasteiger partial charge is 0.324 e. The summed E-state index contributed by atoms with van der Waals surface area (Å²) in [6.07, 6.45) is 0.215. The van der Waals surface area contributed by atoms with E-state index in [0.29, 0.717) is 11.4 Å². The Balaban J connectivity index is 1.71. The molecule has 1 aliphatic rings. The second-order valence-electron chi connectivity index (χ2n) is 8.28. The molecule has 2 atom stereocenters. The van der Waals surface area contributed by atoms with Gasteiger partial charge in [-0.2, -0.15) is 0 Å². The molecular formula is C24H30N4O3. The first kappa shape index (κ1) is 22.5. The Morgan fingerprint density at radius 2 is 1.94 bits per heavy atom. The fourth-order valence-corrected chi connectivity index (χ4v) is 3.79. The number of nitrogens with one attached hydrogen (secondary N) is 2. The van der Waals surface area contributed by atoms with Crippen LogP contribution in [0.3, 0.4) is 0 Å². The van der Waals surface area contributed by atoms with Crippen LogP contribution < -0.4 is 15.5 Å². The maximum absolute atomic E-state index is 13.2. The van der Waals surface area contributed by atoms with Gasteiger partial charge in [0.05, 0.1) is 24.0 Å². The SMILES string of the molecule is Cc1ccc(NC(=O)[C@@H](C)N(C)CC(=O)N2c3ccccc3NC(=O)C[C@@H]2C)c(C)c1. The molecule has 0 aromatic heterocycles. The van der Waals surface area contributed by atoms with E-state index >= 15 is 0 Å². The molecule has 0 aliphatic carbocycles. The van der Waals surface area contributed by atoms with Crippen molar-refractivity contribution >= 4 is 34.8 Å². The van der Waals surface area contributed by atoms with Crippen LogP contribution in [0.25, 0.3) is 0 Å². The lowest BCUT2D eigenvalue weighted by Crippen LogP contribution is -2.48. The number of aryl methyl sites for hydroxylation is 2. The first-order valence-corrected chi connectivity index (χ1v) is 10.5. The van der Waals surface area contributed by atoms with Crippen molar-refractivity contribution in [3.8, 4) is 0 Å². The van der Waals surface area contributed by atoms with E-state index < -0.39 is 6.04 Å². The zero-order valence-electron chi connectivity index (χ0n) is 18.7. The maximum atomic E-state index is 13.2. The van der Waals surface area contributed by atoms with Crippen LogP contribution in [-0.2, 0) is 14.4 Å². The lowest BCUT2D eigenvalue weighted by molar-refractivity contribution is -0.123. The fraction of sp³-hybridized carbons (Fsp3) is 0.375. The number of fused-ring (bicyclic) bond motifs is 1. The van der Waals surface area contributed by atoms with E-state index in [4.69, 9.17) is 0 Å². The highest BCUT2D eigenvalue weighted by Crippen LogP contribution is 2.31. The number of benzene rings is 2. The quantitative estimate of drug-likeness (QED) is 0.774. The molecule has 0 spiro atoms. The van der Waals surface area contributed by atoms with Crippen molar-refractivity contribution in [1.29, 1.82) is 0 Å². The Kier molecular flexibility index (Phi) is 6.75. The summed E-state index contributed by atoms with van der Waals surface area (Å²) in [5.74, 6) is -0.460. The van der Waals surface area contributed by atoms with Gasteiger partial charge in [-0.3, -0.25) is 19.3 Å². The number of anilines is 3. The van der Waals surface area contributed by atoms with Gasteiger partial charge in [0.2, 0.25) is 17.7 Å². The number of hydrogen-bond acceptors (Lipinski definition) is 4. The average molecular weight is 423 g/mol. The van der Waals surface area contributed by atoms with Crippen molar-refractivity contribution in [3.63, 3.8) is 0 Å². The van der Waals surface area contributed by atoms with Gasteiger partial charge >= 0.3 is 0 Å². The standard InChI is InChI=1S/C24H30N4O3/c1-15-10-11-19(16(2)12-15)26-24(31)18(4)27(5)14-23(30)28-17(3)13-22(29)25-20-8-6-7-9-21(20)28/h6-12,17-18H,13-14H2,1-5H3,(H,25,29)(H,26,31)/t17-,18+/m0/s1. The number of likely N-dealkylation sites (N-methyl/N-ethyl adjacent to an activating group) is 1. The number of para-hydroxylation sites is 2. The summed E-state index contributed by atoms with van der Waals surface area (Å²) in [7, 11) is 1.75. The molecule has 0 saturated heterocycles. The minimum Gasteiger partial charge on any atom is -0.324 e. The van der Waals surface area contributed by atoms with Gasteiger partial charge in [-0.1, -0.05) is 29.8 Å². The fourth-order valence-electron chi connectivity index (χ4n) is 3.79. The monoisotopic (exact) mass is 422 g/mol. The van der Waals surface area contributed by atoms with Crippen molar-refractivity contribution in [2.24, 2.45) is 0 Å². The molecule has 164 valence electrons. The zero-order chi connectivity index (χ0) is 22.7. The van der Waals surface area contributed by atoms with Crippen LogP contribution in [0.5, 0.6) is 0 Å². The van der Waals surface area contributed by atoms with Crippen LogP contribution in [-0.4, -0.2) is 48.3 Å². The molecular weight excluding hydrogens is 392 g/mol. The molecule has 3 rings (SSSR count). The molecule has 0 bridgehead atoms. The van der Waals surface area contributed by atoms with Crippen molar-refractivity contribution in [2.75, 3.05) is 29.1 Å². The average Bonchev–Trinajstić information content (AvgIpc) is 2.83. The third-order valence-electron chi connectivity index (χ3n) is 5.69. The third kappa shape index (κ3) is 5.11. The molecule has 7 heteroatoms. The first-order valence-electron chi connectivity index (χ1n) is 10.5. The van der Waals surface area contributed by atoms with Crippen molar-refractivity contribution in [3.05, 3.63) is 53.6 Å². The van der Waals surface area contributed by atoms with Gasteiger partial charge in [0.25, 0.3) is 0 Å². The zero-order valence-corrected chi connectivity index (χ0v) is 18.7. The molecule has 7 nitrogen and oxygen atoms in total. The predicted octanol–water partition coefficient (Wildman–Crippen LogP) is 3.33. The third-order valence-corrected chi connectivity index (χ3v) is 5.69. The minimum atomic E-state index is -0.512. The molecule has 2 aromatic rings. The van der Waals surface area contributed by atoms with Crippen molar-refractivity contribution in [2.45, 2.75) is 46.2 Å². The van der Waals surface area contributed by atoms with E-state index in [2.05, 4.69) is 10.6 Å². The van der Waals surface area contributed by atoms with Gasteiger partial charge in [-0.05, 0) is 58.5 Å². The number of hydrogen-bond donors (Lipinski definition) is 2. The van der Waals surface area contributed by atoms with Crippen molar-refractivity contribution in [1.82, 2.24) is 4.90 Å². The van der Waals surface area contributed by atoms with E-state index in [1.165, 1.54) is 0 Å². The van der Waals surface area contributed by atoms with Gasteiger partial charge in [0, 0.05) is 18.2 Å². The Labute approximate surface area is 183 Å². The Bertz CT molecular complexity index is 1000.